The van der Waals surface area contributed by atoms with Crippen LogP contribution in [-0.2, 0) is 0 Å². The van der Waals surface area contributed by atoms with Crippen LogP contribution in [0.15, 0.2) is 0 Å². The standard InChI is InChI=1S/C13H26N2/c1-14-8-4-9-15-10-7-12-5-2-3-6-13(12)11-15/h12-14H,2-11H2,1H3. The Labute approximate surface area is 94.4 Å². The molecule has 2 atom stereocenters. The third-order valence-corrected chi connectivity index (χ3v) is 4.28. The number of nitrogens with one attached hydrogen (secondary N) is 1. The van der Waals surface area contributed by atoms with Crippen LogP contribution in [0.4, 0.5) is 0 Å². The van der Waals surface area contributed by atoms with E-state index in [0.29, 0.717) is 0 Å². The molecule has 1 aliphatic carbocycles. The van der Waals surface area contributed by atoms with Gasteiger partial charge in [-0.25, -0.2) is 0 Å². The average Bonchev–Trinajstić information content (AvgIpc) is 2.29. The SMILES string of the molecule is CNCCCN1CCC2CCCCC2C1. The third-order valence-electron chi connectivity index (χ3n) is 4.28. The lowest BCUT2D eigenvalue weighted by atomic mass is 9.75. The van der Waals surface area contributed by atoms with E-state index in [1.165, 1.54) is 64.7 Å². The van der Waals surface area contributed by atoms with Gasteiger partial charge in [0.25, 0.3) is 0 Å². The molecule has 2 unspecified atom stereocenters. The topological polar surface area (TPSA) is 15.3 Å². The van der Waals surface area contributed by atoms with Gasteiger partial charge in [-0.2, -0.15) is 0 Å². The van der Waals surface area contributed by atoms with Crippen LogP contribution in [0.25, 0.3) is 0 Å². The maximum Gasteiger partial charge on any atom is 0.00123 e. The maximum atomic E-state index is 3.24. The van der Waals surface area contributed by atoms with Gasteiger partial charge in [0.15, 0.2) is 0 Å². The first-order chi connectivity index (χ1) is 7.40. The molecule has 2 fully saturated rings. The van der Waals surface area contributed by atoms with Gasteiger partial charge in [0, 0.05) is 6.54 Å². The molecule has 88 valence electrons. The number of likely N-dealkylation sites (tertiary alicyclic amines) is 1. The van der Waals surface area contributed by atoms with E-state index < -0.39 is 0 Å². The molecule has 1 N–H and O–H groups in total. The summed E-state index contributed by atoms with van der Waals surface area (Å²) in [7, 11) is 2.05. The number of rotatable bonds is 4. The fraction of sp³-hybridized carbons (Fsp3) is 1.00. The highest BCUT2D eigenvalue weighted by molar-refractivity contribution is 4.83. The molecule has 0 aromatic carbocycles. The number of fused-ring (bicyclic) bond motifs is 1. The average molecular weight is 210 g/mol. The molecule has 0 amide bonds. The molecule has 0 aromatic rings. The lowest BCUT2D eigenvalue weighted by Crippen LogP contribution is -2.42. The monoisotopic (exact) mass is 210 g/mol. The van der Waals surface area contributed by atoms with E-state index in [-0.39, 0.29) is 0 Å². The molecule has 1 heterocycles. The molecule has 0 aromatic heterocycles. The molecule has 1 aliphatic heterocycles. The van der Waals surface area contributed by atoms with Gasteiger partial charge in [-0.3, -0.25) is 0 Å². The summed E-state index contributed by atoms with van der Waals surface area (Å²) < 4.78 is 0. The van der Waals surface area contributed by atoms with Gasteiger partial charge in [0.05, 0.1) is 0 Å². The quantitative estimate of drug-likeness (QED) is 0.715. The second-order valence-corrected chi connectivity index (χ2v) is 5.35. The lowest BCUT2D eigenvalue weighted by Gasteiger charge is -2.41. The number of hydrogen-bond donors (Lipinski definition) is 1. The Hall–Kier alpha value is -0.0800. The molecule has 0 spiro atoms. The first-order valence-corrected chi connectivity index (χ1v) is 6.77. The minimum atomic E-state index is 1.04. The minimum Gasteiger partial charge on any atom is -0.320 e. The van der Waals surface area contributed by atoms with Crippen LogP contribution in [0.3, 0.4) is 0 Å². The number of hydrogen-bond acceptors (Lipinski definition) is 2. The molecule has 2 heteroatoms. The zero-order chi connectivity index (χ0) is 10.5. The Morgan fingerprint density at radius 2 is 1.93 bits per heavy atom. The fourth-order valence-corrected chi connectivity index (χ4v) is 3.36. The molecule has 15 heavy (non-hydrogen) atoms. The predicted molar refractivity (Wildman–Crippen MR) is 65.0 cm³/mol. The zero-order valence-corrected chi connectivity index (χ0v) is 10.2. The van der Waals surface area contributed by atoms with Crippen molar-refractivity contribution >= 4 is 0 Å². The van der Waals surface area contributed by atoms with E-state index in [9.17, 15) is 0 Å². The van der Waals surface area contributed by atoms with Crippen LogP contribution in [0.2, 0.25) is 0 Å². The van der Waals surface area contributed by atoms with Crippen molar-refractivity contribution in [3.63, 3.8) is 0 Å². The largest absolute Gasteiger partial charge is 0.320 e. The second kappa shape index (κ2) is 5.86. The van der Waals surface area contributed by atoms with Crippen LogP contribution in [0, 0.1) is 11.8 Å². The predicted octanol–water partition coefficient (Wildman–Crippen LogP) is 2.11. The normalized spacial score (nSPS) is 32.6. The van der Waals surface area contributed by atoms with Gasteiger partial charge in [-0.05, 0) is 57.8 Å². The van der Waals surface area contributed by atoms with Crippen molar-refractivity contribution in [2.45, 2.75) is 38.5 Å². The van der Waals surface area contributed by atoms with E-state index in [2.05, 4.69) is 10.2 Å². The van der Waals surface area contributed by atoms with Gasteiger partial charge in [0.1, 0.15) is 0 Å². The Morgan fingerprint density at radius 1 is 1.13 bits per heavy atom. The summed E-state index contributed by atoms with van der Waals surface area (Å²) in [6.07, 6.45) is 8.81. The van der Waals surface area contributed by atoms with E-state index in [0.717, 1.165) is 11.8 Å². The van der Waals surface area contributed by atoms with Crippen molar-refractivity contribution in [2.24, 2.45) is 11.8 Å². The van der Waals surface area contributed by atoms with Crippen LogP contribution >= 0.6 is 0 Å². The van der Waals surface area contributed by atoms with Crippen LogP contribution in [-0.4, -0.2) is 38.1 Å². The second-order valence-electron chi connectivity index (χ2n) is 5.35. The van der Waals surface area contributed by atoms with E-state index in [1.54, 1.807) is 0 Å². The highest BCUT2D eigenvalue weighted by atomic mass is 15.1. The van der Waals surface area contributed by atoms with E-state index in [4.69, 9.17) is 0 Å². The van der Waals surface area contributed by atoms with Gasteiger partial charge >= 0.3 is 0 Å². The molecule has 2 nitrogen and oxygen atoms in total. The Bertz CT molecular complexity index is 179. The van der Waals surface area contributed by atoms with Crippen molar-refractivity contribution in [3.05, 3.63) is 0 Å². The summed E-state index contributed by atoms with van der Waals surface area (Å²) in [5, 5.41) is 3.24. The first-order valence-electron chi connectivity index (χ1n) is 6.77. The van der Waals surface area contributed by atoms with Crippen molar-refractivity contribution in [3.8, 4) is 0 Å². The number of piperidine rings is 1. The Balaban J connectivity index is 1.71. The van der Waals surface area contributed by atoms with Crippen molar-refractivity contribution in [1.29, 1.82) is 0 Å². The molecule has 1 saturated carbocycles. The molecule has 1 saturated heterocycles. The number of nitrogens with zero attached hydrogens (tertiary/aromatic N) is 1. The summed E-state index contributed by atoms with van der Waals surface area (Å²) in [6, 6.07) is 0. The third kappa shape index (κ3) is 3.18. The summed E-state index contributed by atoms with van der Waals surface area (Å²) in [5.41, 5.74) is 0. The van der Waals surface area contributed by atoms with Crippen LogP contribution < -0.4 is 5.32 Å². The van der Waals surface area contributed by atoms with Crippen molar-refractivity contribution in [1.82, 2.24) is 10.2 Å². The Kier molecular flexibility index (Phi) is 4.45. The highest BCUT2D eigenvalue weighted by Crippen LogP contribution is 2.35. The summed E-state index contributed by atoms with van der Waals surface area (Å²) in [6.45, 7) is 5.24. The van der Waals surface area contributed by atoms with Gasteiger partial charge < -0.3 is 10.2 Å². The van der Waals surface area contributed by atoms with Gasteiger partial charge in [-0.1, -0.05) is 19.3 Å². The zero-order valence-electron chi connectivity index (χ0n) is 10.2. The summed E-state index contributed by atoms with van der Waals surface area (Å²) in [4.78, 5) is 2.70. The van der Waals surface area contributed by atoms with Crippen molar-refractivity contribution in [2.75, 3.05) is 33.2 Å². The van der Waals surface area contributed by atoms with Gasteiger partial charge in [-0.15, -0.1) is 0 Å². The molecule has 0 bridgehead atoms. The van der Waals surface area contributed by atoms with Crippen molar-refractivity contribution < 1.29 is 0 Å². The summed E-state index contributed by atoms with van der Waals surface area (Å²) >= 11 is 0. The summed E-state index contributed by atoms with van der Waals surface area (Å²) in [5.74, 6) is 2.13. The van der Waals surface area contributed by atoms with Crippen LogP contribution in [0.5, 0.6) is 0 Å². The lowest BCUT2D eigenvalue weighted by molar-refractivity contribution is 0.0863. The smallest absolute Gasteiger partial charge is 0.00123 e. The molecular weight excluding hydrogens is 184 g/mol. The molecular formula is C13H26N2. The first kappa shape index (κ1) is 11.4. The van der Waals surface area contributed by atoms with E-state index in [1.807, 2.05) is 7.05 Å². The fourth-order valence-electron chi connectivity index (χ4n) is 3.36. The highest BCUT2D eigenvalue weighted by Gasteiger charge is 2.30. The van der Waals surface area contributed by atoms with Crippen LogP contribution in [0.1, 0.15) is 38.5 Å². The minimum absolute atomic E-state index is 1.04. The maximum absolute atomic E-state index is 3.24. The molecule has 2 aliphatic rings. The van der Waals surface area contributed by atoms with Gasteiger partial charge in [0.2, 0.25) is 0 Å². The molecule has 0 radical (unpaired) electrons. The molecule has 2 rings (SSSR count). The Morgan fingerprint density at radius 3 is 2.73 bits per heavy atom. The van der Waals surface area contributed by atoms with E-state index >= 15 is 0 Å².